The lowest BCUT2D eigenvalue weighted by molar-refractivity contribution is -0.139. The summed E-state index contributed by atoms with van der Waals surface area (Å²) in [5.41, 5.74) is 3.30. The summed E-state index contributed by atoms with van der Waals surface area (Å²) in [6, 6.07) is 17.3. The molecular weight excluding hydrogens is 378 g/mol. The van der Waals surface area contributed by atoms with Crippen LogP contribution in [0.1, 0.15) is 29.5 Å². The maximum Gasteiger partial charge on any atom is 0.325 e. The van der Waals surface area contributed by atoms with Crippen molar-refractivity contribution in [1.82, 2.24) is 15.1 Å². The van der Waals surface area contributed by atoms with Crippen molar-refractivity contribution in [2.24, 2.45) is 0 Å². The molecule has 3 aliphatic rings. The van der Waals surface area contributed by atoms with Crippen molar-refractivity contribution < 1.29 is 14.4 Å². The van der Waals surface area contributed by atoms with Crippen LogP contribution in [-0.4, -0.2) is 47.3 Å². The number of hydrogen-bond donors (Lipinski definition) is 1. The summed E-state index contributed by atoms with van der Waals surface area (Å²) in [4.78, 5) is 41.5. The minimum absolute atomic E-state index is 0.204. The average Bonchev–Trinajstić information content (AvgIpc) is 3.27. The number of fused-ring (bicyclic) bond motifs is 2. The predicted molar refractivity (Wildman–Crippen MR) is 112 cm³/mol. The molecule has 5 rings (SSSR count). The molecule has 6 heteroatoms. The second-order valence-corrected chi connectivity index (χ2v) is 8.07. The third kappa shape index (κ3) is 2.91. The van der Waals surface area contributed by atoms with E-state index in [-0.39, 0.29) is 18.4 Å². The first kappa shape index (κ1) is 18.6. The summed E-state index contributed by atoms with van der Waals surface area (Å²) in [6.45, 7) is 0.848. The lowest BCUT2D eigenvalue weighted by atomic mass is 9.92. The summed E-state index contributed by atoms with van der Waals surface area (Å²) in [7, 11) is 0. The normalized spacial score (nSPS) is 22.9. The Bertz CT molecular complexity index is 1060. The number of rotatable bonds is 3. The molecule has 2 heterocycles. The number of carbonyl (C=O) groups excluding carboxylic acids is 3. The molecule has 0 radical (unpaired) electrons. The van der Waals surface area contributed by atoms with Crippen molar-refractivity contribution in [2.45, 2.75) is 24.8 Å². The molecule has 1 fully saturated rings. The fraction of sp³-hybridized carbons (Fsp3) is 0.292. The molecule has 152 valence electrons. The van der Waals surface area contributed by atoms with Gasteiger partial charge in [-0.25, -0.2) is 4.79 Å². The molecule has 2 aromatic rings. The van der Waals surface area contributed by atoms with Crippen LogP contribution in [0.3, 0.4) is 0 Å². The highest BCUT2D eigenvalue weighted by atomic mass is 16.2. The molecule has 1 aliphatic carbocycles. The fourth-order valence-corrected chi connectivity index (χ4v) is 4.78. The zero-order valence-electron chi connectivity index (χ0n) is 16.6. The maximum absolute atomic E-state index is 13.2. The second kappa shape index (κ2) is 7.13. The number of benzene rings is 2. The molecule has 0 unspecified atom stereocenters. The Kier molecular flexibility index (Phi) is 4.42. The van der Waals surface area contributed by atoms with Crippen molar-refractivity contribution in [3.05, 3.63) is 77.4 Å². The highest BCUT2D eigenvalue weighted by Crippen LogP contribution is 2.41. The van der Waals surface area contributed by atoms with E-state index in [4.69, 9.17) is 0 Å². The Morgan fingerprint density at radius 3 is 2.53 bits per heavy atom. The molecule has 6 nitrogen and oxygen atoms in total. The molecule has 1 spiro atoms. The van der Waals surface area contributed by atoms with Crippen LogP contribution in [0.15, 0.2) is 60.7 Å². The zero-order valence-corrected chi connectivity index (χ0v) is 16.6. The Morgan fingerprint density at radius 1 is 1.00 bits per heavy atom. The van der Waals surface area contributed by atoms with Crippen molar-refractivity contribution in [1.29, 1.82) is 0 Å². The number of urea groups is 1. The molecule has 2 aliphatic heterocycles. The number of amides is 4. The summed E-state index contributed by atoms with van der Waals surface area (Å²) in [5.74, 6) is -0.520. The monoisotopic (exact) mass is 401 g/mol. The standard InChI is InChI=1S/C24H23N3O3/c28-21(26-14-11-18(12-15-26)17-6-2-1-3-7-17)16-27-22(29)24(25-23(27)30)13-10-19-8-4-5-9-20(19)24/h1-9,11H,10,12-16H2,(H,25,30)/t24-/m0/s1. The van der Waals surface area contributed by atoms with Crippen LogP contribution < -0.4 is 5.32 Å². The van der Waals surface area contributed by atoms with Crippen molar-refractivity contribution in [3.8, 4) is 0 Å². The van der Waals surface area contributed by atoms with Gasteiger partial charge in [-0.15, -0.1) is 0 Å². The number of carbonyl (C=O) groups is 3. The number of imide groups is 1. The summed E-state index contributed by atoms with van der Waals surface area (Å²) >= 11 is 0. The van der Waals surface area contributed by atoms with Crippen LogP contribution in [-0.2, 0) is 21.5 Å². The van der Waals surface area contributed by atoms with Gasteiger partial charge < -0.3 is 10.2 Å². The first-order chi connectivity index (χ1) is 14.6. The molecule has 0 aromatic heterocycles. The Morgan fingerprint density at radius 2 is 1.77 bits per heavy atom. The molecule has 30 heavy (non-hydrogen) atoms. The highest BCUT2D eigenvalue weighted by Gasteiger charge is 2.55. The number of aryl methyl sites for hydroxylation is 1. The molecule has 1 saturated heterocycles. The van der Waals surface area contributed by atoms with E-state index < -0.39 is 11.6 Å². The number of nitrogens with one attached hydrogen (secondary N) is 1. The minimum atomic E-state index is -1.02. The van der Waals surface area contributed by atoms with Crippen LogP contribution in [0.25, 0.3) is 5.57 Å². The van der Waals surface area contributed by atoms with Gasteiger partial charge in [0.1, 0.15) is 12.1 Å². The van der Waals surface area contributed by atoms with Crippen molar-refractivity contribution in [3.63, 3.8) is 0 Å². The molecule has 1 N–H and O–H groups in total. The van der Waals surface area contributed by atoms with E-state index in [1.807, 2.05) is 42.5 Å². The van der Waals surface area contributed by atoms with Gasteiger partial charge >= 0.3 is 6.03 Å². The zero-order chi connectivity index (χ0) is 20.7. The molecule has 2 aromatic carbocycles. The van der Waals surface area contributed by atoms with Gasteiger partial charge in [-0.1, -0.05) is 60.7 Å². The van der Waals surface area contributed by atoms with Gasteiger partial charge in [-0.2, -0.15) is 0 Å². The average molecular weight is 401 g/mol. The van der Waals surface area contributed by atoms with Gasteiger partial charge in [0.05, 0.1) is 0 Å². The summed E-state index contributed by atoms with van der Waals surface area (Å²) < 4.78 is 0. The van der Waals surface area contributed by atoms with Crippen LogP contribution in [0.5, 0.6) is 0 Å². The van der Waals surface area contributed by atoms with Crippen molar-refractivity contribution in [2.75, 3.05) is 19.6 Å². The minimum Gasteiger partial charge on any atom is -0.337 e. The molecule has 0 bridgehead atoms. The van der Waals surface area contributed by atoms with E-state index in [2.05, 4.69) is 23.5 Å². The van der Waals surface area contributed by atoms with Crippen LogP contribution in [0.2, 0.25) is 0 Å². The third-order valence-corrected chi connectivity index (χ3v) is 6.42. The second-order valence-electron chi connectivity index (χ2n) is 8.07. The van der Waals surface area contributed by atoms with Crippen LogP contribution in [0, 0.1) is 0 Å². The van der Waals surface area contributed by atoms with E-state index in [1.54, 1.807) is 4.90 Å². The summed E-state index contributed by atoms with van der Waals surface area (Å²) in [6.07, 6.45) is 4.09. The molecule has 4 amide bonds. The quantitative estimate of drug-likeness (QED) is 0.804. The number of nitrogens with zero attached hydrogens (tertiary/aromatic N) is 2. The fourth-order valence-electron chi connectivity index (χ4n) is 4.78. The Labute approximate surface area is 175 Å². The van der Waals surface area contributed by atoms with E-state index in [1.165, 1.54) is 11.1 Å². The lowest BCUT2D eigenvalue weighted by Gasteiger charge is -2.28. The third-order valence-electron chi connectivity index (χ3n) is 6.42. The van der Waals surface area contributed by atoms with Crippen LogP contribution >= 0.6 is 0 Å². The molecule has 1 atom stereocenters. The first-order valence-electron chi connectivity index (χ1n) is 10.3. The highest BCUT2D eigenvalue weighted by molar-refractivity contribution is 6.10. The van der Waals surface area contributed by atoms with Gasteiger partial charge in [-0.05, 0) is 41.5 Å². The maximum atomic E-state index is 13.2. The SMILES string of the molecule is O=C(CN1C(=O)N[C@]2(CCc3ccccc32)C1=O)N1CC=C(c2ccccc2)CC1. The number of hydrogen-bond acceptors (Lipinski definition) is 3. The van der Waals surface area contributed by atoms with Gasteiger partial charge in [0.15, 0.2) is 0 Å². The van der Waals surface area contributed by atoms with Gasteiger partial charge in [0.2, 0.25) is 5.91 Å². The smallest absolute Gasteiger partial charge is 0.325 e. The molecule has 0 saturated carbocycles. The Hall–Kier alpha value is -3.41. The predicted octanol–water partition coefficient (Wildman–Crippen LogP) is 2.70. The van der Waals surface area contributed by atoms with Gasteiger partial charge in [-0.3, -0.25) is 14.5 Å². The van der Waals surface area contributed by atoms with E-state index in [0.717, 1.165) is 28.9 Å². The van der Waals surface area contributed by atoms with Gasteiger partial charge in [0, 0.05) is 13.1 Å². The summed E-state index contributed by atoms with van der Waals surface area (Å²) in [5, 5.41) is 2.88. The molecular formula is C24H23N3O3. The van der Waals surface area contributed by atoms with E-state index in [0.29, 0.717) is 19.5 Å². The largest absolute Gasteiger partial charge is 0.337 e. The lowest BCUT2D eigenvalue weighted by Crippen LogP contribution is -2.45. The Balaban J connectivity index is 1.29. The van der Waals surface area contributed by atoms with E-state index in [9.17, 15) is 14.4 Å². The van der Waals surface area contributed by atoms with Crippen molar-refractivity contribution >= 4 is 23.4 Å². The topological polar surface area (TPSA) is 69.7 Å². The van der Waals surface area contributed by atoms with Crippen LogP contribution in [0.4, 0.5) is 4.79 Å². The van der Waals surface area contributed by atoms with E-state index >= 15 is 0 Å². The van der Waals surface area contributed by atoms with Gasteiger partial charge in [0.25, 0.3) is 5.91 Å². The first-order valence-corrected chi connectivity index (χ1v) is 10.3.